The molecule has 8 heteroatoms. The molecule has 0 aliphatic carbocycles. The maximum absolute atomic E-state index is 14.1. The summed E-state index contributed by atoms with van der Waals surface area (Å²) in [6.45, 7) is 0. The van der Waals surface area contributed by atoms with Gasteiger partial charge in [-0.3, -0.25) is 4.79 Å². The first-order valence-corrected chi connectivity index (χ1v) is 8.00. The zero-order valence-corrected chi connectivity index (χ0v) is 13.8. The van der Waals surface area contributed by atoms with Gasteiger partial charge >= 0.3 is 0 Å². The van der Waals surface area contributed by atoms with Crippen LogP contribution < -0.4 is 16.6 Å². The second-order valence-electron chi connectivity index (χ2n) is 5.79. The van der Waals surface area contributed by atoms with E-state index in [0.29, 0.717) is 0 Å². The van der Waals surface area contributed by atoms with Crippen LogP contribution >= 0.6 is 0 Å². The number of aromatic nitrogens is 3. The summed E-state index contributed by atoms with van der Waals surface area (Å²) in [7, 11) is 0. The van der Waals surface area contributed by atoms with Crippen LogP contribution in [-0.2, 0) is 0 Å². The lowest BCUT2D eigenvalue weighted by Crippen LogP contribution is -2.13. The average Bonchev–Trinajstić information content (AvgIpc) is 2.63. The number of halogens is 2. The molecule has 0 aliphatic heterocycles. The largest absolute Gasteiger partial charge is 0.383 e. The Labute approximate surface area is 151 Å². The SMILES string of the molecule is Nc1nc(Nc2ccccc2)nc2[nH]c(=O)c(-c3c(F)cccc3F)cc12. The van der Waals surface area contributed by atoms with Crippen molar-refractivity contribution in [1.29, 1.82) is 0 Å². The predicted octanol–water partition coefficient (Wildman–Crippen LogP) is 3.59. The molecule has 0 fully saturated rings. The van der Waals surface area contributed by atoms with E-state index in [1.165, 1.54) is 12.1 Å². The number of anilines is 3. The summed E-state index contributed by atoms with van der Waals surface area (Å²) in [6.07, 6.45) is 0. The molecular formula is C19H13F2N5O. The molecule has 0 unspecified atom stereocenters. The molecule has 2 aromatic heterocycles. The van der Waals surface area contributed by atoms with Crippen molar-refractivity contribution in [3.05, 3.63) is 76.6 Å². The van der Waals surface area contributed by atoms with E-state index in [9.17, 15) is 13.6 Å². The minimum absolute atomic E-state index is 0.0627. The van der Waals surface area contributed by atoms with Crippen LogP contribution in [0.1, 0.15) is 0 Å². The van der Waals surface area contributed by atoms with Gasteiger partial charge in [0.15, 0.2) is 0 Å². The highest BCUT2D eigenvalue weighted by molar-refractivity contribution is 5.90. The number of fused-ring (bicyclic) bond motifs is 1. The molecule has 6 nitrogen and oxygen atoms in total. The van der Waals surface area contributed by atoms with E-state index in [0.717, 1.165) is 17.8 Å². The van der Waals surface area contributed by atoms with Gasteiger partial charge in [0, 0.05) is 5.69 Å². The number of nitrogens with one attached hydrogen (secondary N) is 2. The number of hydrogen-bond donors (Lipinski definition) is 3. The molecule has 0 atom stereocenters. The molecule has 2 aromatic carbocycles. The van der Waals surface area contributed by atoms with Gasteiger partial charge in [0.05, 0.1) is 16.5 Å². The maximum atomic E-state index is 14.1. The molecule has 0 radical (unpaired) electrons. The Bertz CT molecular complexity index is 1190. The van der Waals surface area contributed by atoms with Crippen molar-refractivity contribution >= 4 is 28.5 Å². The number of nitrogens with two attached hydrogens (primary N) is 1. The third-order valence-corrected chi connectivity index (χ3v) is 4.00. The van der Waals surface area contributed by atoms with Crippen molar-refractivity contribution in [2.24, 2.45) is 0 Å². The Balaban J connectivity index is 1.85. The topological polar surface area (TPSA) is 96.7 Å². The Hall–Kier alpha value is -3.81. The number of hydrogen-bond acceptors (Lipinski definition) is 5. The van der Waals surface area contributed by atoms with Gasteiger partial charge in [-0.1, -0.05) is 24.3 Å². The van der Waals surface area contributed by atoms with Gasteiger partial charge in [0.2, 0.25) is 5.95 Å². The molecule has 4 N–H and O–H groups in total. The van der Waals surface area contributed by atoms with Crippen LogP contribution in [0.25, 0.3) is 22.2 Å². The minimum atomic E-state index is -0.846. The first kappa shape index (κ1) is 16.6. The molecule has 134 valence electrons. The Morgan fingerprint density at radius 1 is 0.963 bits per heavy atom. The number of rotatable bonds is 3. The monoisotopic (exact) mass is 365 g/mol. The fraction of sp³-hybridized carbons (Fsp3) is 0. The number of para-hydroxylation sites is 1. The number of pyridine rings is 1. The maximum Gasteiger partial charge on any atom is 0.257 e. The van der Waals surface area contributed by atoms with Crippen LogP contribution in [-0.4, -0.2) is 15.0 Å². The molecule has 0 amide bonds. The molecule has 0 saturated heterocycles. The molecule has 27 heavy (non-hydrogen) atoms. The smallest absolute Gasteiger partial charge is 0.257 e. The number of benzene rings is 2. The lowest BCUT2D eigenvalue weighted by molar-refractivity contribution is 0.589. The normalized spacial score (nSPS) is 10.9. The lowest BCUT2D eigenvalue weighted by atomic mass is 10.0. The number of aromatic amines is 1. The highest BCUT2D eigenvalue weighted by Crippen LogP contribution is 2.27. The van der Waals surface area contributed by atoms with E-state index in [2.05, 4.69) is 20.3 Å². The van der Waals surface area contributed by atoms with Gasteiger partial charge < -0.3 is 16.0 Å². The standard InChI is InChI=1S/C19H13F2N5O/c20-13-7-4-8-14(21)15(13)11-9-12-16(22)24-19(26-17(12)25-18(11)27)23-10-5-2-1-3-6-10/h1-9H,(H4,22,23,24,25,26,27). The fourth-order valence-electron chi connectivity index (χ4n) is 2.76. The van der Waals surface area contributed by atoms with Gasteiger partial charge in [-0.2, -0.15) is 9.97 Å². The Morgan fingerprint density at radius 3 is 2.37 bits per heavy atom. The quantitative estimate of drug-likeness (QED) is 0.516. The van der Waals surface area contributed by atoms with Crippen molar-refractivity contribution in [3.63, 3.8) is 0 Å². The van der Waals surface area contributed by atoms with E-state index in [-0.39, 0.29) is 28.4 Å². The van der Waals surface area contributed by atoms with Crippen molar-refractivity contribution in [1.82, 2.24) is 15.0 Å². The van der Waals surface area contributed by atoms with Gasteiger partial charge in [0.1, 0.15) is 23.1 Å². The molecular weight excluding hydrogens is 352 g/mol. The summed E-state index contributed by atoms with van der Waals surface area (Å²) in [5, 5.41) is 3.26. The second kappa shape index (κ2) is 6.49. The van der Waals surface area contributed by atoms with Crippen molar-refractivity contribution in [2.45, 2.75) is 0 Å². The van der Waals surface area contributed by atoms with Crippen molar-refractivity contribution < 1.29 is 8.78 Å². The number of nitrogen functional groups attached to an aromatic ring is 1. The molecule has 0 spiro atoms. The summed E-state index contributed by atoms with van der Waals surface area (Å²) >= 11 is 0. The Morgan fingerprint density at radius 2 is 1.67 bits per heavy atom. The van der Waals surface area contributed by atoms with Crippen LogP contribution in [0.2, 0.25) is 0 Å². The molecule has 0 saturated carbocycles. The first-order valence-electron chi connectivity index (χ1n) is 8.00. The third-order valence-electron chi connectivity index (χ3n) is 4.00. The van der Waals surface area contributed by atoms with Crippen LogP contribution in [0, 0.1) is 11.6 Å². The molecule has 0 aliphatic rings. The number of nitrogens with zero attached hydrogens (tertiary/aromatic N) is 2. The van der Waals surface area contributed by atoms with Gasteiger partial charge in [-0.25, -0.2) is 8.78 Å². The molecule has 2 heterocycles. The highest BCUT2D eigenvalue weighted by atomic mass is 19.1. The van der Waals surface area contributed by atoms with Gasteiger partial charge in [-0.15, -0.1) is 0 Å². The van der Waals surface area contributed by atoms with Crippen molar-refractivity contribution in [2.75, 3.05) is 11.1 Å². The van der Waals surface area contributed by atoms with Crippen LogP contribution in [0.5, 0.6) is 0 Å². The van der Waals surface area contributed by atoms with E-state index in [1.807, 2.05) is 30.3 Å². The van der Waals surface area contributed by atoms with Crippen LogP contribution in [0.15, 0.2) is 59.4 Å². The molecule has 4 aromatic rings. The highest BCUT2D eigenvalue weighted by Gasteiger charge is 2.17. The van der Waals surface area contributed by atoms with E-state index < -0.39 is 22.8 Å². The summed E-state index contributed by atoms with van der Waals surface area (Å²) in [4.78, 5) is 23.3. The summed E-state index contributed by atoms with van der Waals surface area (Å²) < 4.78 is 28.1. The van der Waals surface area contributed by atoms with Gasteiger partial charge in [0.25, 0.3) is 5.56 Å². The van der Waals surface area contributed by atoms with Crippen LogP contribution in [0.4, 0.5) is 26.2 Å². The zero-order valence-electron chi connectivity index (χ0n) is 13.8. The first-order chi connectivity index (χ1) is 13.0. The summed E-state index contributed by atoms with van der Waals surface area (Å²) in [5.74, 6) is -1.44. The van der Waals surface area contributed by atoms with E-state index >= 15 is 0 Å². The molecule has 4 rings (SSSR count). The molecule has 0 bridgehead atoms. The van der Waals surface area contributed by atoms with E-state index in [1.54, 1.807) is 0 Å². The third kappa shape index (κ3) is 3.08. The minimum Gasteiger partial charge on any atom is -0.383 e. The number of H-pyrrole nitrogens is 1. The van der Waals surface area contributed by atoms with E-state index in [4.69, 9.17) is 5.73 Å². The zero-order chi connectivity index (χ0) is 19.0. The Kier molecular flexibility index (Phi) is 4.00. The van der Waals surface area contributed by atoms with Gasteiger partial charge in [-0.05, 0) is 30.3 Å². The van der Waals surface area contributed by atoms with Crippen LogP contribution in [0.3, 0.4) is 0 Å². The second-order valence-corrected chi connectivity index (χ2v) is 5.79. The predicted molar refractivity (Wildman–Crippen MR) is 99.6 cm³/mol. The fourth-order valence-corrected chi connectivity index (χ4v) is 2.76. The van der Waals surface area contributed by atoms with Crippen molar-refractivity contribution in [3.8, 4) is 11.1 Å². The summed E-state index contributed by atoms with van der Waals surface area (Å²) in [6, 6.07) is 13.8. The lowest BCUT2D eigenvalue weighted by Gasteiger charge is -2.09. The average molecular weight is 365 g/mol. The summed E-state index contributed by atoms with van der Waals surface area (Å²) in [5.41, 5.74) is 5.59.